The minimum absolute atomic E-state index is 0.0578. The van der Waals surface area contributed by atoms with Gasteiger partial charge in [-0.3, -0.25) is 4.79 Å². The van der Waals surface area contributed by atoms with Gasteiger partial charge in [-0.05, 0) is 51.4 Å². The number of hydrogen-bond acceptors (Lipinski definition) is 14. The highest BCUT2D eigenvalue weighted by molar-refractivity contribution is 5.69. The van der Waals surface area contributed by atoms with Gasteiger partial charge < -0.3 is 64.2 Å². The lowest BCUT2D eigenvalue weighted by atomic mass is 9.98. The zero-order valence-electron chi connectivity index (χ0n) is 48.7. The first-order chi connectivity index (χ1) is 37.6. The minimum Gasteiger partial charge on any atom is -0.457 e. The SMILES string of the molecule is CCCCC/C=C\C/C=C\C/C=C\CCCCCCCCCOCC(COC1OC(COC2OC(CO)C(O)C(O)C2O)C(O)C(O)C1O)OC(=O)CCCCCCCCCCCCCCCCCCCCCCCCC. The van der Waals surface area contributed by atoms with Crippen molar-refractivity contribution in [3.63, 3.8) is 0 Å². The van der Waals surface area contributed by atoms with Crippen molar-refractivity contribution in [3.05, 3.63) is 36.5 Å². The highest BCUT2D eigenvalue weighted by Crippen LogP contribution is 2.27. The third kappa shape index (κ3) is 36.3. The van der Waals surface area contributed by atoms with Crippen LogP contribution in [0.3, 0.4) is 0 Å². The molecule has 2 fully saturated rings. The van der Waals surface area contributed by atoms with Crippen molar-refractivity contribution in [2.24, 2.45) is 0 Å². The fourth-order valence-electron chi connectivity index (χ4n) is 10.1. The Morgan fingerprint density at radius 2 is 0.805 bits per heavy atom. The van der Waals surface area contributed by atoms with E-state index in [0.717, 1.165) is 57.8 Å². The van der Waals surface area contributed by atoms with Crippen molar-refractivity contribution in [1.29, 1.82) is 0 Å². The summed E-state index contributed by atoms with van der Waals surface area (Å²) in [7, 11) is 0. The average molecular weight is 1100 g/mol. The number of rotatable bonds is 52. The standard InChI is InChI=1S/C63H116O14/c1-3-5-7-9-11-13-15-17-19-21-23-25-26-27-28-30-32-34-36-38-40-42-44-46-55(65)75-52(49-72-47-45-43-41-39-37-35-33-31-29-24-22-20-18-16-14-12-10-8-6-4-2)50-73-62-61(71)59(69)57(67)54(77-62)51-74-63-60(70)58(68)56(66)53(48-64)76-63/h12,14,18,20,24,29,52-54,56-64,66-71H,3-11,13,15-17,19,21-23,25-28,30-51H2,1-2H3/b14-12-,20-18-,29-24-. The van der Waals surface area contributed by atoms with E-state index in [2.05, 4.69) is 50.3 Å². The van der Waals surface area contributed by atoms with E-state index < -0.39 is 80.7 Å². The maximum atomic E-state index is 13.1. The van der Waals surface area contributed by atoms with Crippen LogP contribution in [-0.2, 0) is 33.2 Å². The fourth-order valence-corrected chi connectivity index (χ4v) is 10.1. The molecule has 0 bridgehead atoms. The summed E-state index contributed by atoms with van der Waals surface area (Å²) >= 11 is 0. The zero-order chi connectivity index (χ0) is 55.8. The largest absolute Gasteiger partial charge is 0.457 e. The van der Waals surface area contributed by atoms with E-state index in [1.165, 1.54) is 173 Å². The van der Waals surface area contributed by atoms with E-state index >= 15 is 0 Å². The number of aliphatic hydroxyl groups is 7. The number of carbonyl (C=O) groups is 1. The van der Waals surface area contributed by atoms with Gasteiger partial charge in [0.2, 0.25) is 0 Å². The molecule has 0 aliphatic carbocycles. The second-order valence-corrected chi connectivity index (χ2v) is 22.2. The molecule has 7 N–H and O–H groups in total. The molecule has 452 valence electrons. The van der Waals surface area contributed by atoms with Crippen LogP contribution in [0, 0.1) is 0 Å². The number of unbranched alkanes of at least 4 members (excludes halogenated alkanes) is 32. The number of carbonyl (C=O) groups excluding carboxylic acids is 1. The lowest BCUT2D eigenvalue weighted by molar-refractivity contribution is -0.332. The summed E-state index contributed by atoms with van der Waals surface area (Å²) in [6.45, 7) is 3.69. The highest BCUT2D eigenvalue weighted by atomic mass is 16.7. The number of hydrogen-bond donors (Lipinski definition) is 7. The topological polar surface area (TPSA) is 214 Å². The monoisotopic (exact) mass is 1100 g/mol. The molecule has 2 aliphatic rings. The summed E-state index contributed by atoms with van der Waals surface area (Å²) in [4.78, 5) is 13.1. The molecule has 0 amide bonds. The van der Waals surface area contributed by atoms with Gasteiger partial charge in [0.25, 0.3) is 0 Å². The predicted octanol–water partition coefficient (Wildman–Crippen LogP) is 12.1. The number of aliphatic hydroxyl groups excluding tert-OH is 7. The Balaban J connectivity index is 1.68. The average Bonchev–Trinajstić information content (AvgIpc) is 3.43. The van der Waals surface area contributed by atoms with E-state index in [1.807, 2.05) is 0 Å². The van der Waals surface area contributed by atoms with E-state index in [-0.39, 0.29) is 25.6 Å². The normalized spacial score (nSPS) is 24.5. The van der Waals surface area contributed by atoms with E-state index in [9.17, 15) is 40.5 Å². The molecular weight excluding hydrogens is 981 g/mol. The number of allylic oxidation sites excluding steroid dienone is 6. The van der Waals surface area contributed by atoms with Gasteiger partial charge in [-0.15, -0.1) is 0 Å². The van der Waals surface area contributed by atoms with Gasteiger partial charge in [0, 0.05) is 13.0 Å². The van der Waals surface area contributed by atoms with Crippen LogP contribution in [0.15, 0.2) is 36.5 Å². The maximum absolute atomic E-state index is 13.1. The van der Waals surface area contributed by atoms with Crippen molar-refractivity contribution in [2.75, 3.05) is 33.0 Å². The molecule has 0 aromatic carbocycles. The zero-order valence-corrected chi connectivity index (χ0v) is 48.7. The Hall–Kier alpha value is -1.79. The first-order valence-corrected chi connectivity index (χ1v) is 31.6. The fraction of sp³-hybridized carbons (Fsp3) is 0.889. The predicted molar refractivity (Wildman–Crippen MR) is 307 cm³/mol. The first kappa shape index (κ1) is 71.3. The quantitative estimate of drug-likeness (QED) is 0.0172. The lowest BCUT2D eigenvalue weighted by Crippen LogP contribution is -2.61. The molecule has 11 unspecified atom stereocenters. The molecular formula is C63H116O14. The maximum Gasteiger partial charge on any atom is 0.306 e. The molecule has 0 aromatic heterocycles. The van der Waals surface area contributed by atoms with Gasteiger partial charge in [-0.1, -0.05) is 237 Å². The molecule has 2 aliphatic heterocycles. The molecule has 2 heterocycles. The van der Waals surface area contributed by atoms with Crippen molar-refractivity contribution in [3.8, 4) is 0 Å². The van der Waals surface area contributed by atoms with Gasteiger partial charge in [0.05, 0.1) is 26.4 Å². The van der Waals surface area contributed by atoms with Crippen LogP contribution in [0.25, 0.3) is 0 Å². The molecule has 2 rings (SSSR count). The van der Waals surface area contributed by atoms with Crippen LogP contribution in [0.1, 0.15) is 258 Å². The lowest BCUT2D eigenvalue weighted by Gasteiger charge is -2.42. The highest BCUT2D eigenvalue weighted by Gasteiger charge is 2.47. The Kier molecular flexibility index (Phi) is 46.3. The van der Waals surface area contributed by atoms with Gasteiger partial charge in [0.15, 0.2) is 12.6 Å². The van der Waals surface area contributed by atoms with Gasteiger partial charge in [-0.25, -0.2) is 0 Å². The summed E-state index contributed by atoms with van der Waals surface area (Å²) in [6.07, 6.45) is 43.5. The van der Waals surface area contributed by atoms with Crippen molar-refractivity contribution < 1.29 is 69.0 Å². The van der Waals surface area contributed by atoms with Crippen LogP contribution in [0.5, 0.6) is 0 Å². The van der Waals surface area contributed by atoms with Crippen molar-refractivity contribution in [2.45, 2.75) is 325 Å². The van der Waals surface area contributed by atoms with E-state index in [4.69, 9.17) is 28.4 Å². The molecule has 0 radical (unpaired) electrons. The molecule has 77 heavy (non-hydrogen) atoms. The smallest absolute Gasteiger partial charge is 0.306 e. The summed E-state index contributed by atoms with van der Waals surface area (Å²) < 4.78 is 34.5. The summed E-state index contributed by atoms with van der Waals surface area (Å²) in [5.41, 5.74) is 0. The van der Waals surface area contributed by atoms with E-state index in [0.29, 0.717) is 13.0 Å². The van der Waals surface area contributed by atoms with Gasteiger partial charge in [-0.2, -0.15) is 0 Å². The molecule has 2 saturated heterocycles. The Morgan fingerprint density at radius 3 is 1.29 bits per heavy atom. The molecule has 11 atom stereocenters. The molecule has 14 heteroatoms. The first-order valence-electron chi connectivity index (χ1n) is 31.6. The number of ether oxygens (including phenoxy) is 6. The van der Waals surface area contributed by atoms with Crippen LogP contribution < -0.4 is 0 Å². The second kappa shape index (κ2) is 50.0. The Morgan fingerprint density at radius 1 is 0.429 bits per heavy atom. The van der Waals surface area contributed by atoms with Gasteiger partial charge >= 0.3 is 5.97 Å². The Bertz CT molecular complexity index is 1410. The van der Waals surface area contributed by atoms with Crippen LogP contribution in [-0.4, -0.2) is 142 Å². The molecule has 0 aromatic rings. The van der Waals surface area contributed by atoms with Crippen LogP contribution in [0.4, 0.5) is 0 Å². The molecule has 0 spiro atoms. The summed E-state index contributed by atoms with van der Waals surface area (Å²) in [5, 5.41) is 72.5. The molecule has 0 saturated carbocycles. The second-order valence-electron chi connectivity index (χ2n) is 22.2. The summed E-state index contributed by atoms with van der Waals surface area (Å²) in [6, 6.07) is 0. The van der Waals surface area contributed by atoms with E-state index in [1.54, 1.807) is 0 Å². The van der Waals surface area contributed by atoms with Gasteiger partial charge in [0.1, 0.15) is 54.9 Å². The van der Waals surface area contributed by atoms with Crippen molar-refractivity contribution >= 4 is 5.97 Å². The third-order valence-corrected chi connectivity index (χ3v) is 15.2. The van der Waals surface area contributed by atoms with Crippen molar-refractivity contribution in [1.82, 2.24) is 0 Å². The Labute approximate surface area is 468 Å². The van der Waals surface area contributed by atoms with Crippen LogP contribution >= 0.6 is 0 Å². The number of esters is 1. The third-order valence-electron chi connectivity index (χ3n) is 15.2. The van der Waals surface area contributed by atoms with Crippen LogP contribution in [0.2, 0.25) is 0 Å². The minimum atomic E-state index is -1.71. The summed E-state index contributed by atoms with van der Waals surface area (Å²) in [5.74, 6) is -0.374. The molecule has 14 nitrogen and oxygen atoms in total.